The molecule has 5 nitrogen and oxygen atoms in total. The fourth-order valence-electron chi connectivity index (χ4n) is 2.16. The molecule has 1 amide bonds. The van der Waals surface area contributed by atoms with E-state index in [9.17, 15) is 18.0 Å². The Morgan fingerprint density at radius 3 is 2.65 bits per heavy atom. The average Bonchev–Trinajstić information content (AvgIpc) is 2.41. The summed E-state index contributed by atoms with van der Waals surface area (Å²) in [5, 5.41) is -0.201. The van der Waals surface area contributed by atoms with Crippen molar-refractivity contribution >= 4 is 29.0 Å². The van der Waals surface area contributed by atoms with Gasteiger partial charge in [-0.1, -0.05) is 6.92 Å². The summed E-state index contributed by atoms with van der Waals surface area (Å²) >= 11 is 5.64. The highest BCUT2D eigenvalue weighted by Crippen LogP contribution is 2.37. The molecular formula is C11H12ClF3N4O. The van der Waals surface area contributed by atoms with Crippen LogP contribution < -0.4 is 9.80 Å². The lowest BCUT2D eigenvalue weighted by Crippen LogP contribution is -2.56. The number of anilines is 2. The molecule has 0 aliphatic carbocycles. The summed E-state index contributed by atoms with van der Waals surface area (Å²) in [7, 11) is 1.45. The maximum atomic E-state index is 13.9. The number of fused-ring (bicyclic) bond motifs is 1. The van der Waals surface area contributed by atoms with Crippen LogP contribution in [0.2, 0.25) is 5.28 Å². The number of aromatic nitrogens is 2. The Hall–Kier alpha value is -1.57. The fraction of sp³-hybridized carbons (Fsp3) is 0.545. The van der Waals surface area contributed by atoms with Crippen molar-refractivity contribution in [3.63, 3.8) is 0 Å². The van der Waals surface area contributed by atoms with E-state index in [-0.39, 0.29) is 23.2 Å². The molecule has 0 saturated carbocycles. The molecule has 2 atom stereocenters. The van der Waals surface area contributed by atoms with Gasteiger partial charge in [0, 0.05) is 7.05 Å². The van der Waals surface area contributed by atoms with Crippen LogP contribution in [0.15, 0.2) is 6.20 Å². The van der Waals surface area contributed by atoms with E-state index in [0.29, 0.717) is 4.90 Å². The lowest BCUT2D eigenvalue weighted by molar-refractivity contribution is -0.120. The topological polar surface area (TPSA) is 49.3 Å². The van der Waals surface area contributed by atoms with Crippen LogP contribution >= 0.6 is 11.6 Å². The molecule has 1 aliphatic rings. The zero-order chi connectivity index (χ0) is 15.0. The number of halogens is 4. The minimum Gasteiger partial charge on any atom is -0.309 e. The Morgan fingerprint density at radius 1 is 1.45 bits per heavy atom. The van der Waals surface area contributed by atoms with Gasteiger partial charge >= 0.3 is 0 Å². The fourth-order valence-corrected chi connectivity index (χ4v) is 2.29. The summed E-state index contributed by atoms with van der Waals surface area (Å²) in [6.07, 6.45) is -4.53. The molecule has 1 aromatic heterocycles. The van der Waals surface area contributed by atoms with Gasteiger partial charge in [0.15, 0.2) is 5.82 Å². The maximum Gasteiger partial charge on any atom is 0.287 e. The van der Waals surface area contributed by atoms with Crippen molar-refractivity contribution in [2.45, 2.75) is 32.1 Å². The minimum atomic E-state index is -3.26. The number of carbonyl (C=O) groups excluding carboxylic acids is 1. The van der Waals surface area contributed by atoms with Crippen molar-refractivity contribution in [3.05, 3.63) is 11.5 Å². The number of amides is 1. The van der Waals surface area contributed by atoms with Gasteiger partial charge in [-0.2, -0.15) is 4.98 Å². The smallest absolute Gasteiger partial charge is 0.287 e. The largest absolute Gasteiger partial charge is 0.309 e. The van der Waals surface area contributed by atoms with Gasteiger partial charge in [0.05, 0.1) is 6.20 Å². The monoisotopic (exact) mass is 308 g/mol. The van der Waals surface area contributed by atoms with Crippen molar-refractivity contribution in [1.29, 1.82) is 0 Å². The summed E-state index contributed by atoms with van der Waals surface area (Å²) in [6, 6.07) is -1.05. The molecule has 0 aromatic carbocycles. The van der Waals surface area contributed by atoms with Gasteiger partial charge < -0.3 is 9.80 Å². The summed E-state index contributed by atoms with van der Waals surface area (Å²) < 4.78 is 39.3. The van der Waals surface area contributed by atoms with Crippen molar-refractivity contribution < 1.29 is 18.0 Å². The van der Waals surface area contributed by atoms with Crippen LogP contribution in [0, 0.1) is 0 Å². The van der Waals surface area contributed by atoms with Gasteiger partial charge in [-0.3, -0.25) is 4.79 Å². The van der Waals surface area contributed by atoms with Gasteiger partial charge in [0.1, 0.15) is 11.7 Å². The molecule has 0 saturated heterocycles. The van der Waals surface area contributed by atoms with E-state index in [2.05, 4.69) is 9.97 Å². The Morgan fingerprint density at radius 2 is 2.10 bits per heavy atom. The molecule has 2 rings (SSSR count). The van der Waals surface area contributed by atoms with Crippen LogP contribution in [0.1, 0.15) is 13.3 Å². The SMILES string of the molecule is CC[C@H]1C(=O)N(C)c2cnc(Cl)nc2N1C(F)C(F)F. The Balaban J connectivity index is 2.59. The first-order valence-corrected chi connectivity index (χ1v) is 6.27. The predicted octanol–water partition coefficient (Wildman–Crippen LogP) is 2.25. The first kappa shape index (κ1) is 14.8. The molecule has 0 fully saturated rings. The van der Waals surface area contributed by atoms with Gasteiger partial charge in [0.2, 0.25) is 17.5 Å². The lowest BCUT2D eigenvalue weighted by Gasteiger charge is -2.41. The molecule has 1 unspecified atom stereocenters. The van der Waals surface area contributed by atoms with Gasteiger partial charge in [-0.15, -0.1) is 0 Å². The summed E-state index contributed by atoms with van der Waals surface area (Å²) in [6.45, 7) is 1.61. The first-order chi connectivity index (χ1) is 9.38. The van der Waals surface area contributed by atoms with E-state index in [1.807, 2.05) is 0 Å². The number of likely N-dealkylation sites (N-methyl/N-ethyl adjacent to an activating group) is 1. The molecule has 110 valence electrons. The highest BCUT2D eigenvalue weighted by Gasteiger charge is 2.43. The Labute approximate surface area is 118 Å². The third-order valence-corrected chi connectivity index (χ3v) is 3.32. The van der Waals surface area contributed by atoms with Crippen LogP contribution in [0.5, 0.6) is 0 Å². The normalized spacial score (nSPS) is 20.4. The molecule has 9 heteroatoms. The van der Waals surface area contributed by atoms with E-state index in [1.54, 1.807) is 6.92 Å². The third kappa shape index (κ3) is 2.28. The molecule has 1 aliphatic heterocycles. The molecule has 20 heavy (non-hydrogen) atoms. The summed E-state index contributed by atoms with van der Waals surface area (Å²) in [5.74, 6) is -0.596. The number of carbonyl (C=O) groups is 1. The molecule has 1 aromatic rings. The molecule has 0 N–H and O–H groups in total. The minimum absolute atomic E-state index is 0.105. The van der Waals surface area contributed by atoms with E-state index in [0.717, 1.165) is 0 Å². The van der Waals surface area contributed by atoms with E-state index < -0.39 is 24.7 Å². The van der Waals surface area contributed by atoms with Crippen LogP contribution in [0.3, 0.4) is 0 Å². The van der Waals surface area contributed by atoms with Crippen molar-refractivity contribution in [2.24, 2.45) is 0 Å². The molecule has 2 heterocycles. The molecular weight excluding hydrogens is 297 g/mol. The van der Waals surface area contributed by atoms with Gasteiger partial charge in [-0.25, -0.2) is 18.2 Å². The number of hydrogen-bond acceptors (Lipinski definition) is 4. The highest BCUT2D eigenvalue weighted by atomic mass is 35.5. The molecule has 0 radical (unpaired) electrons. The van der Waals surface area contributed by atoms with Crippen molar-refractivity contribution in [3.8, 4) is 0 Å². The first-order valence-electron chi connectivity index (χ1n) is 5.89. The second-order valence-electron chi connectivity index (χ2n) is 4.28. The standard InChI is InChI=1S/C11H12ClF3N4O/c1-3-5-10(20)18(2)6-4-16-11(12)17-9(6)19(5)8(15)7(13)14/h4-5,7-8H,3H2,1-2H3/t5-,8?/m0/s1. The third-order valence-electron chi connectivity index (χ3n) is 3.14. The van der Waals surface area contributed by atoms with E-state index in [4.69, 9.17) is 11.6 Å². The quantitative estimate of drug-likeness (QED) is 0.635. The maximum absolute atomic E-state index is 13.9. The average molecular weight is 309 g/mol. The van der Waals surface area contributed by atoms with E-state index in [1.165, 1.54) is 18.1 Å². The highest BCUT2D eigenvalue weighted by molar-refractivity contribution is 6.28. The number of alkyl halides is 3. The second-order valence-corrected chi connectivity index (χ2v) is 4.62. The van der Waals surface area contributed by atoms with Crippen molar-refractivity contribution in [2.75, 3.05) is 16.8 Å². The van der Waals surface area contributed by atoms with Gasteiger partial charge in [0.25, 0.3) is 6.43 Å². The number of nitrogens with zero attached hydrogens (tertiary/aromatic N) is 4. The van der Waals surface area contributed by atoms with Gasteiger partial charge in [-0.05, 0) is 18.0 Å². The zero-order valence-electron chi connectivity index (χ0n) is 10.7. The van der Waals surface area contributed by atoms with Crippen molar-refractivity contribution in [1.82, 2.24) is 9.97 Å². The zero-order valence-corrected chi connectivity index (χ0v) is 11.5. The Bertz CT molecular complexity index is 530. The predicted molar refractivity (Wildman–Crippen MR) is 67.9 cm³/mol. The van der Waals surface area contributed by atoms with Crippen LogP contribution in [-0.2, 0) is 4.79 Å². The number of hydrogen-bond donors (Lipinski definition) is 0. The summed E-state index contributed by atoms with van der Waals surface area (Å²) in [5.41, 5.74) is 0.146. The second kappa shape index (κ2) is 5.43. The van der Waals surface area contributed by atoms with E-state index >= 15 is 0 Å². The molecule has 0 bridgehead atoms. The van der Waals surface area contributed by atoms with Crippen LogP contribution in [-0.4, -0.2) is 41.7 Å². The summed E-state index contributed by atoms with van der Waals surface area (Å²) in [4.78, 5) is 21.5. The number of rotatable bonds is 3. The molecule has 0 spiro atoms. The lowest BCUT2D eigenvalue weighted by atomic mass is 10.1. The Kier molecular flexibility index (Phi) is 4.03. The van der Waals surface area contributed by atoms with Crippen LogP contribution in [0.25, 0.3) is 0 Å². The van der Waals surface area contributed by atoms with Crippen LogP contribution in [0.4, 0.5) is 24.7 Å².